The molecule has 2 aromatic heterocycles. The molecular formula is C28H34N4O5. The highest BCUT2D eigenvalue weighted by Gasteiger charge is 2.61. The molecule has 2 heterocycles. The molecule has 1 amide bonds. The normalized spacial score (nSPS) is 28.7. The number of aliphatic hydroxyl groups is 2. The first kappa shape index (κ1) is 25.4. The lowest BCUT2D eigenvalue weighted by atomic mass is 9.49. The predicted octanol–water partition coefficient (Wildman–Crippen LogP) is 3.32. The summed E-state index contributed by atoms with van der Waals surface area (Å²) in [5.74, 6) is 1.48. The standard InChI is InChI=1S/C28H34N4O5/c1-4-27-17-26(3,34)28(35,23-7-5-6-12-29-23)14-20(27)9-8-19-13-21(10-11-22(19)27)36-16-24-31-25(37-32-24)15-30-18(2)33/h5-7,10-13,20,34-35H,4,8-9,14-17H2,1-3H3,(H,30,33). The number of carbonyl (C=O) groups is 1. The molecule has 2 aliphatic carbocycles. The molecule has 4 unspecified atom stereocenters. The Morgan fingerprint density at radius 2 is 2.11 bits per heavy atom. The lowest BCUT2D eigenvalue weighted by molar-refractivity contribution is -0.207. The number of amides is 1. The van der Waals surface area contributed by atoms with Crippen molar-refractivity contribution >= 4 is 5.91 Å². The van der Waals surface area contributed by atoms with Crippen LogP contribution in [-0.2, 0) is 35.4 Å². The van der Waals surface area contributed by atoms with E-state index in [2.05, 4.69) is 39.5 Å². The number of carbonyl (C=O) groups excluding carboxylic acids is 1. The highest BCUT2D eigenvalue weighted by Crippen LogP contribution is 2.59. The minimum atomic E-state index is -1.40. The number of nitrogens with one attached hydrogen (secondary N) is 1. The second-order valence-corrected chi connectivity index (χ2v) is 10.6. The molecule has 0 radical (unpaired) electrons. The number of nitrogens with zero attached hydrogens (tertiary/aromatic N) is 3. The zero-order chi connectivity index (χ0) is 26.3. The number of benzene rings is 1. The fraction of sp³-hybridized carbons (Fsp3) is 0.500. The zero-order valence-electron chi connectivity index (χ0n) is 21.5. The van der Waals surface area contributed by atoms with Gasteiger partial charge in [-0.15, -0.1) is 0 Å². The van der Waals surface area contributed by atoms with E-state index < -0.39 is 11.2 Å². The third-order valence-corrected chi connectivity index (χ3v) is 8.34. The molecule has 1 saturated carbocycles. The van der Waals surface area contributed by atoms with Gasteiger partial charge in [-0.05, 0) is 80.3 Å². The number of ether oxygens (including phenoxy) is 1. The van der Waals surface area contributed by atoms with E-state index in [1.54, 1.807) is 19.2 Å². The van der Waals surface area contributed by atoms with Gasteiger partial charge in [-0.2, -0.15) is 4.98 Å². The Hall–Kier alpha value is -3.30. The summed E-state index contributed by atoms with van der Waals surface area (Å²) in [7, 11) is 0. The van der Waals surface area contributed by atoms with Gasteiger partial charge in [0.15, 0.2) is 6.61 Å². The molecule has 3 aromatic rings. The maximum atomic E-state index is 11.8. The summed E-state index contributed by atoms with van der Waals surface area (Å²) in [4.78, 5) is 19.7. The van der Waals surface area contributed by atoms with Crippen LogP contribution in [0.4, 0.5) is 0 Å². The fourth-order valence-electron chi connectivity index (χ4n) is 6.41. The molecule has 0 bridgehead atoms. The predicted molar refractivity (Wildman–Crippen MR) is 134 cm³/mol. The van der Waals surface area contributed by atoms with Crippen molar-refractivity contribution < 1.29 is 24.3 Å². The van der Waals surface area contributed by atoms with Crippen molar-refractivity contribution in [1.29, 1.82) is 0 Å². The molecule has 0 aliphatic heterocycles. The van der Waals surface area contributed by atoms with E-state index in [1.807, 2.05) is 18.2 Å². The second kappa shape index (κ2) is 9.54. The molecule has 5 rings (SSSR count). The van der Waals surface area contributed by atoms with Crippen LogP contribution in [0.3, 0.4) is 0 Å². The summed E-state index contributed by atoms with van der Waals surface area (Å²) in [5, 5.41) is 30.0. The first-order chi connectivity index (χ1) is 17.7. The summed E-state index contributed by atoms with van der Waals surface area (Å²) >= 11 is 0. The molecule has 37 heavy (non-hydrogen) atoms. The van der Waals surface area contributed by atoms with Crippen molar-refractivity contribution in [3.05, 3.63) is 71.1 Å². The van der Waals surface area contributed by atoms with Crippen LogP contribution in [0, 0.1) is 5.92 Å². The molecule has 0 saturated heterocycles. The van der Waals surface area contributed by atoms with E-state index >= 15 is 0 Å². The van der Waals surface area contributed by atoms with Crippen molar-refractivity contribution in [2.45, 2.75) is 82.6 Å². The third-order valence-electron chi connectivity index (χ3n) is 8.34. The number of hydrogen-bond donors (Lipinski definition) is 3. The average Bonchev–Trinajstić information content (AvgIpc) is 3.35. The van der Waals surface area contributed by atoms with Gasteiger partial charge in [-0.1, -0.05) is 24.2 Å². The number of pyridine rings is 1. The number of aromatic nitrogens is 3. The Bertz CT molecular complexity index is 1280. The average molecular weight is 507 g/mol. The minimum Gasteiger partial charge on any atom is -0.485 e. The monoisotopic (exact) mass is 506 g/mol. The van der Waals surface area contributed by atoms with Crippen molar-refractivity contribution in [1.82, 2.24) is 20.4 Å². The van der Waals surface area contributed by atoms with Crippen LogP contribution in [0.2, 0.25) is 0 Å². The lowest BCUT2D eigenvalue weighted by Gasteiger charge is -2.58. The smallest absolute Gasteiger partial charge is 0.246 e. The maximum absolute atomic E-state index is 11.8. The Kier molecular flexibility index (Phi) is 6.53. The van der Waals surface area contributed by atoms with Gasteiger partial charge in [0.05, 0.1) is 17.8 Å². The van der Waals surface area contributed by atoms with Gasteiger partial charge in [0, 0.05) is 18.5 Å². The maximum Gasteiger partial charge on any atom is 0.246 e. The van der Waals surface area contributed by atoms with E-state index in [1.165, 1.54) is 18.1 Å². The van der Waals surface area contributed by atoms with Crippen LogP contribution in [0.1, 0.15) is 75.0 Å². The van der Waals surface area contributed by atoms with Crippen molar-refractivity contribution in [3.63, 3.8) is 0 Å². The Labute approximate surface area is 216 Å². The second-order valence-electron chi connectivity index (χ2n) is 10.6. The molecule has 196 valence electrons. The number of aryl methyl sites for hydroxylation is 1. The first-order valence-electron chi connectivity index (χ1n) is 12.9. The van der Waals surface area contributed by atoms with E-state index in [-0.39, 0.29) is 30.4 Å². The highest BCUT2D eigenvalue weighted by atomic mass is 16.5. The number of fused-ring (bicyclic) bond motifs is 3. The highest BCUT2D eigenvalue weighted by molar-refractivity contribution is 5.72. The Morgan fingerprint density at radius 1 is 1.27 bits per heavy atom. The molecule has 2 aliphatic rings. The van der Waals surface area contributed by atoms with Gasteiger partial charge < -0.3 is 24.8 Å². The third kappa shape index (κ3) is 4.51. The van der Waals surface area contributed by atoms with E-state index in [4.69, 9.17) is 9.26 Å². The molecule has 9 nitrogen and oxygen atoms in total. The van der Waals surface area contributed by atoms with Gasteiger partial charge >= 0.3 is 0 Å². The Morgan fingerprint density at radius 3 is 2.84 bits per heavy atom. The number of hydrogen-bond acceptors (Lipinski definition) is 8. The van der Waals surface area contributed by atoms with Crippen LogP contribution in [0.5, 0.6) is 5.75 Å². The first-order valence-corrected chi connectivity index (χ1v) is 12.9. The van der Waals surface area contributed by atoms with Gasteiger partial charge in [-0.25, -0.2) is 0 Å². The summed E-state index contributed by atoms with van der Waals surface area (Å²) in [5.41, 5.74) is -0.0375. The van der Waals surface area contributed by atoms with Gasteiger partial charge in [0.25, 0.3) is 0 Å². The molecule has 9 heteroatoms. The van der Waals surface area contributed by atoms with E-state index in [9.17, 15) is 15.0 Å². The SMILES string of the molecule is CCC12CC(C)(O)C(O)(c3ccccn3)CC1CCc1cc(OCc3noc(CNC(C)=O)n3)ccc12. The van der Waals surface area contributed by atoms with Crippen LogP contribution >= 0.6 is 0 Å². The molecule has 4 atom stereocenters. The van der Waals surface area contributed by atoms with Crippen LogP contribution in [-0.4, -0.2) is 36.8 Å². The molecule has 1 aromatic carbocycles. The van der Waals surface area contributed by atoms with Crippen LogP contribution < -0.4 is 10.1 Å². The van der Waals surface area contributed by atoms with Crippen LogP contribution in [0.15, 0.2) is 47.1 Å². The van der Waals surface area contributed by atoms with Crippen molar-refractivity contribution in [2.75, 3.05) is 0 Å². The van der Waals surface area contributed by atoms with Crippen LogP contribution in [0.25, 0.3) is 0 Å². The largest absolute Gasteiger partial charge is 0.485 e. The lowest BCUT2D eigenvalue weighted by Crippen LogP contribution is -2.62. The zero-order valence-corrected chi connectivity index (χ0v) is 21.5. The van der Waals surface area contributed by atoms with Gasteiger partial charge in [-0.3, -0.25) is 9.78 Å². The van der Waals surface area contributed by atoms with Crippen molar-refractivity contribution in [2.24, 2.45) is 5.92 Å². The summed E-state index contributed by atoms with van der Waals surface area (Å²) in [6.45, 7) is 5.67. The minimum absolute atomic E-state index is 0.149. The van der Waals surface area contributed by atoms with Gasteiger partial charge in [0.1, 0.15) is 11.4 Å². The molecular weight excluding hydrogens is 472 g/mol. The molecule has 0 spiro atoms. The topological polar surface area (TPSA) is 131 Å². The van der Waals surface area contributed by atoms with Gasteiger partial charge in [0.2, 0.25) is 17.6 Å². The quantitative estimate of drug-likeness (QED) is 0.445. The molecule has 3 N–H and O–H groups in total. The number of rotatable bonds is 7. The summed E-state index contributed by atoms with van der Waals surface area (Å²) in [6, 6.07) is 11.6. The Balaban J connectivity index is 1.36. The van der Waals surface area contributed by atoms with E-state index in [0.29, 0.717) is 36.0 Å². The van der Waals surface area contributed by atoms with Crippen molar-refractivity contribution in [3.8, 4) is 5.75 Å². The summed E-state index contributed by atoms with van der Waals surface area (Å²) < 4.78 is 11.1. The molecule has 1 fully saturated rings. The fourth-order valence-corrected chi connectivity index (χ4v) is 6.41. The summed E-state index contributed by atoms with van der Waals surface area (Å²) in [6.07, 6.45) is 5.21. The van der Waals surface area contributed by atoms with E-state index in [0.717, 1.165) is 19.3 Å².